The first kappa shape index (κ1) is 16.2. The Morgan fingerprint density at radius 1 is 1.32 bits per heavy atom. The molecule has 0 amide bonds. The van der Waals surface area contributed by atoms with Crippen LogP contribution >= 0.6 is 11.8 Å². The zero-order valence-corrected chi connectivity index (χ0v) is 13.2. The largest absolute Gasteiger partial charge is 0.493 e. The van der Waals surface area contributed by atoms with E-state index in [0.717, 1.165) is 36.8 Å². The van der Waals surface area contributed by atoms with E-state index in [9.17, 15) is 0 Å². The van der Waals surface area contributed by atoms with Gasteiger partial charge >= 0.3 is 0 Å². The van der Waals surface area contributed by atoms with E-state index >= 15 is 0 Å². The number of methoxy groups -OCH3 is 1. The first-order valence-electron chi connectivity index (χ1n) is 6.76. The van der Waals surface area contributed by atoms with Crippen LogP contribution < -0.4 is 14.8 Å². The minimum absolute atomic E-state index is 0.324. The molecule has 0 bridgehead atoms. The van der Waals surface area contributed by atoms with E-state index in [-0.39, 0.29) is 0 Å². The Labute approximate surface area is 121 Å². The molecule has 0 fully saturated rings. The molecular formula is C15H25NO2S. The van der Waals surface area contributed by atoms with Crippen molar-refractivity contribution in [1.29, 1.82) is 0 Å². The van der Waals surface area contributed by atoms with Crippen LogP contribution in [0.15, 0.2) is 18.2 Å². The van der Waals surface area contributed by atoms with Crippen molar-refractivity contribution in [1.82, 2.24) is 5.32 Å². The van der Waals surface area contributed by atoms with Crippen LogP contribution in [-0.2, 0) is 0 Å². The maximum Gasteiger partial charge on any atom is 0.161 e. The Hall–Kier alpha value is -0.870. The zero-order chi connectivity index (χ0) is 14.1. The Morgan fingerprint density at radius 3 is 2.74 bits per heavy atom. The molecule has 0 spiro atoms. The molecule has 0 radical (unpaired) electrons. The SMILES string of the molecule is CCNC(C)c1ccc(OCCCSC)c(OC)c1. The highest BCUT2D eigenvalue weighted by atomic mass is 32.2. The average molecular weight is 283 g/mol. The fourth-order valence-electron chi connectivity index (χ4n) is 1.88. The highest BCUT2D eigenvalue weighted by Gasteiger charge is 2.09. The van der Waals surface area contributed by atoms with E-state index in [1.165, 1.54) is 5.56 Å². The van der Waals surface area contributed by atoms with Gasteiger partial charge in [0.15, 0.2) is 11.5 Å². The topological polar surface area (TPSA) is 30.5 Å². The zero-order valence-electron chi connectivity index (χ0n) is 12.4. The van der Waals surface area contributed by atoms with Crippen LogP contribution in [0.5, 0.6) is 11.5 Å². The van der Waals surface area contributed by atoms with Crippen molar-refractivity contribution >= 4 is 11.8 Å². The Morgan fingerprint density at radius 2 is 2.11 bits per heavy atom. The van der Waals surface area contributed by atoms with E-state index in [0.29, 0.717) is 6.04 Å². The quantitative estimate of drug-likeness (QED) is 0.703. The molecular weight excluding hydrogens is 258 g/mol. The van der Waals surface area contributed by atoms with Gasteiger partial charge in [-0.05, 0) is 49.6 Å². The fraction of sp³-hybridized carbons (Fsp3) is 0.600. The highest BCUT2D eigenvalue weighted by Crippen LogP contribution is 2.30. The predicted octanol–water partition coefficient (Wildman–Crippen LogP) is 3.50. The minimum Gasteiger partial charge on any atom is -0.493 e. The summed E-state index contributed by atoms with van der Waals surface area (Å²) in [4.78, 5) is 0. The van der Waals surface area contributed by atoms with Crippen molar-refractivity contribution in [2.24, 2.45) is 0 Å². The Kier molecular flexibility index (Phi) is 7.75. The lowest BCUT2D eigenvalue weighted by atomic mass is 10.1. The van der Waals surface area contributed by atoms with Gasteiger partial charge < -0.3 is 14.8 Å². The number of rotatable bonds is 9. The third-order valence-corrected chi connectivity index (χ3v) is 3.65. The number of hydrogen-bond donors (Lipinski definition) is 1. The molecule has 0 aliphatic rings. The minimum atomic E-state index is 0.324. The molecule has 0 aromatic heterocycles. The summed E-state index contributed by atoms with van der Waals surface area (Å²) < 4.78 is 11.2. The lowest BCUT2D eigenvalue weighted by molar-refractivity contribution is 0.295. The van der Waals surface area contributed by atoms with Crippen LogP contribution in [0.1, 0.15) is 31.9 Å². The molecule has 108 valence electrons. The summed E-state index contributed by atoms with van der Waals surface area (Å²) in [5, 5.41) is 3.39. The molecule has 19 heavy (non-hydrogen) atoms. The number of ether oxygens (including phenoxy) is 2. The van der Waals surface area contributed by atoms with Crippen molar-refractivity contribution in [3.8, 4) is 11.5 Å². The lowest BCUT2D eigenvalue weighted by Crippen LogP contribution is -2.17. The third kappa shape index (κ3) is 5.33. The Bertz CT molecular complexity index is 371. The predicted molar refractivity (Wildman–Crippen MR) is 83.6 cm³/mol. The number of benzene rings is 1. The van der Waals surface area contributed by atoms with Crippen LogP contribution in [0.2, 0.25) is 0 Å². The molecule has 1 rings (SSSR count). The summed E-state index contributed by atoms with van der Waals surface area (Å²) in [7, 11) is 1.69. The first-order chi connectivity index (χ1) is 9.22. The molecule has 0 heterocycles. The van der Waals surface area contributed by atoms with Crippen LogP contribution in [-0.4, -0.2) is 32.3 Å². The second-order valence-electron chi connectivity index (χ2n) is 4.38. The van der Waals surface area contributed by atoms with Crippen LogP contribution in [0.4, 0.5) is 0 Å². The van der Waals surface area contributed by atoms with Crippen LogP contribution in [0.25, 0.3) is 0 Å². The monoisotopic (exact) mass is 283 g/mol. The van der Waals surface area contributed by atoms with E-state index < -0.39 is 0 Å². The van der Waals surface area contributed by atoms with Crippen molar-refractivity contribution in [3.63, 3.8) is 0 Å². The summed E-state index contributed by atoms with van der Waals surface area (Å²) in [6.45, 7) is 5.95. The van der Waals surface area contributed by atoms with Gasteiger partial charge in [-0.3, -0.25) is 0 Å². The van der Waals surface area contributed by atoms with Crippen LogP contribution in [0.3, 0.4) is 0 Å². The van der Waals surface area contributed by atoms with Crippen molar-refractivity contribution in [3.05, 3.63) is 23.8 Å². The van der Waals surface area contributed by atoms with Gasteiger partial charge in [0, 0.05) is 6.04 Å². The lowest BCUT2D eigenvalue weighted by Gasteiger charge is -2.16. The molecule has 4 heteroatoms. The molecule has 3 nitrogen and oxygen atoms in total. The van der Waals surface area contributed by atoms with E-state index in [1.54, 1.807) is 7.11 Å². The van der Waals surface area contributed by atoms with Gasteiger partial charge in [-0.25, -0.2) is 0 Å². The molecule has 0 saturated carbocycles. The molecule has 1 atom stereocenters. The van der Waals surface area contributed by atoms with E-state index in [1.807, 2.05) is 17.8 Å². The molecule has 1 N–H and O–H groups in total. The van der Waals surface area contributed by atoms with E-state index in [4.69, 9.17) is 9.47 Å². The van der Waals surface area contributed by atoms with Gasteiger partial charge in [-0.15, -0.1) is 0 Å². The molecule has 0 aliphatic heterocycles. The highest BCUT2D eigenvalue weighted by molar-refractivity contribution is 7.98. The summed E-state index contributed by atoms with van der Waals surface area (Å²) in [5.41, 5.74) is 1.22. The maximum atomic E-state index is 5.77. The maximum absolute atomic E-state index is 5.77. The second-order valence-corrected chi connectivity index (χ2v) is 5.37. The van der Waals surface area contributed by atoms with Crippen molar-refractivity contribution in [2.45, 2.75) is 26.3 Å². The van der Waals surface area contributed by atoms with Gasteiger partial charge in [0.25, 0.3) is 0 Å². The van der Waals surface area contributed by atoms with Gasteiger partial charge in [0.05, 0.1) is 13.7 Å². The summed E-state index contributed by atoms with van der Waals surface area (Å²) in [6.07, 6.45) is 3.16. The van der Waals surface area contributed by atoms with Gasteiger partial charge in [0.1, 0.15) is 0 Å². The first-order valence-corrected chi connectivity index (χ1v) is 8.15. The number of nitrogens with one attached hydrogen (secondary N) is 1. The van der Waals surface area contributed by atoms with Gasteiger partial charge in [-0.1, -0.05) is 13.0 Å². The van der Waals surface area contributed by atoms with Gasteiger partial charge in [-0.2, -0.15) is 11.8 Å². The second kappa shape index (κ2) is 9.10. The summed E-state index contributed by atoms with van der Waals surface area (Å²) in [5.74, 6) is 2.76. The molecule has 0 saturated heterocycles. The average Bonchev–Trinajstić information content (AvgIpc) is 2.44. The number of thioether (sulfide) groups is 1. The summed E-state index contributed by atoms with van der Waals surface area (Å²) >= 11 is 1.84. The molecule has 1 aromatic carbocycles. The van der Waals surface area contributed by atoms with Crippen molar-refractivity contribution < 1.29 is 9.47 Å². The number of hydrogen-bond acceptors (Lipinski definition) is 4. The smallest absolute Gasteiger partial charge is 0.161 e. The molecule has 1 aromatic rings. The molecule has 1 unspecified atom stereocenters. The van der Waals surface area contributed by atoms with Crippen LogP contribution in [0, 0.1) is 0 Å². The fourth-order valence-corrected chi connectivity index (χ4v) is 2.29. The standard InChI is InChI=1S/C15H25NO2S/c1-5-16-12(2)13-7-8-14(15(11-13)17-3)18-9-6-10-19-4/h7-8,11-12,16H,5-6,9-10H2,1-4H3. The van der Waals surface area contributed by atoms with Gasteiger partial charge in [0.2, 0.25) is 0 Å². The molecule has 0 aliphatic carbocycles. The summed E-state index contributed by atoms with van der Waals surface area (Å²) in [6, 6.07) is 6.47. The van der Waals surface area contributed by atoms with Crippen molar-refractivity contribution in [2.75, 3.05) is 32.3 Å². The normalized spacial score (nSPS) is 12.2. The Balaban J connectivity index is 2.67. The third-order valence-electron chi connectivity index (χ3n) is 2.95. The van der Waals surface area contributed by atoms with E-state index in [2.05, 4.69) is 37.6 Å².